The molecule has 0 fully saturated rings. The van der Waals surface area contributed by atoms with Crippen molar-refractivity contribution < 1.29 is 19.1 Å². The van der Waals surface area contributed by atoms with Gasteiger partial charge in [-0.1, -0.05) is 48.9 Å². The number of ether oxygens (including phenoxy) is 2. The highest BCUT2D eigenvalue weighted by atomic mass is 35.5. The van der Waals surface area contributed by atoms with Crippen molar-refractivity contribution in [1.82, 2.24) is 5.48 Å². The first-order valence-electron chi connectivity index (χ1n) is 8.28. The van der Waals surface area contributed by atoms with Crippen LogP contribution in [0.3, 0.4) is 0 Å². The molecule has 0 aliphatic carbocycles. The van der Waals surface area contributed by atoms with Gasteiger partial charge >= 0.3 is 0 Å². The predicted molar refractivity (Wildman–Crippen MR) is 102 cm³/mol. The monoisotopic (exact) mass is 375 g/mol. The summed E-state index contributed by atoms with van der Waals surface area (Å²) in [7, 11) is 1.54. The predicted octanol–water partition coefficient (Wildman–Crippen LogP) is 4.40. The number of rotatable bonds is 9. The van der Waals surface area contributed by atoms with E-state index in [-0.39, 0.29) is 5.91 Å². The molecule has 0 unspecified atom stereocenters. The van der Waals surface area contributed by atoms with Gasteiger partial charge in [-0.05, 0) is 35.8 Å². The summed E-state index contributed by atoms with van der Waals surface area (Å²) in [6.45, 7) is 2.85. The van der Waals surface area contributed by atoms with E-state index >= 15 is 0 Å². The lowest BCUT2D eigenvalue weighted by molar-refractivity contribution is -0.129. The first-order chi connectivity index (χ1) is 12.6. The molecule has 0 heterocycles. The second kappa shape index (κ2) is 10.5. The second-order valence-corrected chi connectivity index (χ2v) is 5.86. The first-order valence-corrected chi connectivity index (χ1v) is 8.66. The highest BCUT2D eigenvalue weighted by molar-refractivity contribution is 6.32. The summed E-state index contributed by atoms with van der Waals surface area (Å²) in [5.74, 6) is 0.650. The van der Waals surface area contributed by atoms with Crippen LogP contribution in [0.15, 0.2) is 48.5 Å². The minimum absolute atomic E-state index is 0.295. The van der Waals surface area contributed by atoms with Crippen molar-refractivity contribution in [2.45, 2.75) is 20.0 Å². The molecule has 1 N–H and O–H groups in total. The molecule has 5 nitrogen and oxygen atoms in total. The second-order valence-electron chi connectivity index (χ2n) is 5.46. The van der Waals surface area contributed by atoms with E-state index in [9.17, 15) is 4.79 Å². The molecule has 0 aliphatic heterocycles. The Morgan fingerprint density at radius 3 is 2.69 bits per heavy atom. The van der Waals surface area contributed by atoms with E-state index in [0.29, 0.717) is 35.3 Å². The highest BCUT2D eigenvalue weighted by Crippen LogP contribution is 2.36. The molecule has 6 heteroatoms. The summed E-state index contributed by atoms with van der Waals surface area (Å²) in [6, 6.07) is 13.0. The number of amides is 1. The van der Waals surface area contributed by atoms with Gasteiger partial charge in [-0.25, -0.2) is 5.48 Å². The maximum Gasteiger partial charge on any atom is 0.267 e. The molecular formula is C20H22ClNO4. The number of carbonyl (C=O) groups is 1. The lowest BCUT2D eigenvalue weighted by atomic mass is 10.2. The van der Waals surface area contributed by atoms with Crippen LogP contribution < -0.4 is 15.0 Å². The van der Waals surface area contributed by atoms with E-state index in [1.54, 1.807) is 25.3 Å². The zero-order valence-corrected chi connectivity index (χ0v) is 15.6. The largest absolute Gasteiger partial charge is 0.493 e. The molecule has 0 atom stereocenters. The van der Waals surface area contributed by atoms with Crippen LogP contribution in [-0.2, 0) is 16.2 Å². The van der Waals surface area contributed by atoms with Gasteiger partial charge in [0.25, 0.3) is 5.91 Å². The van der Waals surface area contributed by atoms with Crippen molar-refractivity contribution in [3.8, 4) is 11.5 Å². The third-order valence-corrected chi connectivity index (χ3v) is 3.66. The molecule has 0 aliphatic rings. The van der Waals surface area contributed by atoms with Crippen LogP contribution in [0.5, 0.6) is 11.5 Å². The van der Waals surface area contributed by atoms with Gasteiger partial charge in [-0.2, -0.15) is 0 Å². The Hall–Kier alpha value is -2.50. The number of benzene rings is 2. The van der Waals surface area contributed by atoms with Crippen LogP contribution in [-0.4, -0.2) is 19.6 Å². The average molecular weight is 376 g/mol. The fourth-order valence-corrected chi connectivity index (χ4v) is 2.42. The summed E-state index contributed by atoms with van der Waals surface area (Å²) < 4.78 is 10.9. The lowest BCUT2D eigenvalue weighted by Gasteiger charge is -2.12. The average Bonchev–Trinajstić information content (AvgIpc) is 2.66. The number of halogens is 1. The standard InChI is InChI=1S/C20H22ClNO4/c1-3-11-25-20-17(21)12-16(13-18(20)24-2)9-10-19(23)22-26-14-15-7-5-4-6-8-15/h4-10,12-13H,3,11,14H2,1-2H3,(H,22,23)/b10-9+. The summed E-state index contributed by atoms with van der Waals surface area (Å²) >= 11 is 6.25. The Morgan fingerprint density at radius 1 is 1.23 bits per heavy atom. The topological polar surface area (TPSA) is 56.8 Å². The molecule has 26 heavy (non-hydrogen) atoms. The Bertz CT molecular complexity index is 747. The van der Waals surface area contributed by atoms with Crippen LogP contribution in [0.25, 0.3) is 6.08 Å². The smallest absolute Gasteiger partial charge is 0.267 e. The van der Waals surface area contributed by atoms with E-state index in [0.717, 1.165) is 12.0 Å². The van der Waals surface area contributed by atoms with Gasteiger partial charge in [-0.3, -0.25) is 9.63 Å². The van der Waals surface area contributed by atoms with Crippen LogP contribution >= 0.6 is 11.6 Å². The van der Waals surface area contributed by atoms with Crippen molar-refractivity contribution in [2.75, 3.05) is 13.7 Å². The van der Waals surface area contributed by atoms with Gasteiger partial charge < -0.3 is 9.47 Å². The first kappa shape index (κ1) is 19.8. The number of nitrogens with one attached hydrogen (secondary N) is 1. The number of methoxy groups -OCH3 is 1. The summed E-state index contributed by atoms with van der Waals surface area (Å²) in [6.07, 6.45) is 3.85. The van der Waals surface area contributed by atoms with Gasteiger partial charge in [0, 0.05) is 6.08 Å². The Balaban J connectivity index is 1.94. The van der Waals surface area contributed by atoms with Crippen molar-refractivity contribution in [3.05, 3.63) is 64.7 Å². The molecule has 0 radical (unpaired) electrons. The zero-order chi connectivity index (χ0) is 18.8. The molecule has 2 aromatic carbocycles. The van der Waals surface area contributed by atoms with Gasteiger partial charge in [0.1, 0.15) is 0 Å². The third-order valence-electron chi connectivity index (χ3n) is 3.38. The van der Waals surface area contributed by atoms with Gasteiger partial charge in [-0.15, -0.1) is 0 Å². The minimum atomic E-state index is -0.373. The van der Waals surface area contributed by atoms with Crippen LogP contribution in [0.1, 0.15) is 24.5 Å². The van der Waals surface area contributed by atoms with Crippen molar-refractivity contribution >= 4 is 23.6 Å². The van der Waals surface area contributed by atoms with E-state index in [4.69, 9.17) is 25.9 Å². The van der Waals surface area contributed by atoms with Gasteiger partial charge in [0.15, 0.2) is 11.5 Å². The molecule has 0 spiro atoms. The van der Waals surface area contributed by atoms with Crippen LogP contribution in [0.2, 0.25) is 5.02 Å². The molecule has 0 saturated carbocycles. The molecule has 0 saturated heterocycles. The Labute approximate surface area is 158 Å². The maximum absolute atomic E-state index is 11.8. The molecule has 0 aromatic heterocycles. The molecule has 138 valence electrons. The number of carbonyl (C=O) groups excluding carboxylic acids is 1. The van der Waals surface area contributed by atoms with Gasteiger partial charge in [0.05, 0.1) is 25.3 Å². The Morgan fingerprint density at radius 2 is 2.00 bits per heavy atom. The fourth-order valence-electron chi connectivity index (χ4n) is 2.15. The number of hydrogen-bond acceptors (Lipinski definition) is 4. The summed E-state index contributed by atoms with van der Waals surface area (Å²) in [5, 5.41) is 0.429. The summed E-state index contributed by atoms with van der Waals surface area (Å²) in [4.78, 5) is 17.0. The number of hydroxylamine groups is 1. The van der Waals surface area contributed by atoms with Crippen molar-refractivity contribution in [3.63, 3.8) is 0 Å². The Kier molecular flexibility index (Phi) is 7.99. The quantitative estimate of drug-likeness (QED) is 0.521. The fraction of sp³-hybridized carbons (Fsp3) is 0.250. The number of hydrogen-bond donors (Lipinski definition) is 1. The van der Waals surface area contributed by atoms with E-state index < -0.39 is 0 Å². The normalized spacial score (nSPS) is 10.7. The lowest BCUT2D eigenvalue weighted by Crippen LogP contribution is -2.21. The SMILES string of the molecule is CCCOc1c(Cl)cc(/C=C/C(=O)NOCc2ccccc2)cc1OC. The van der Waals surface area contributed by atoms with E-state index in [2.05, 4.69) is 5.48 Å². The van der Waals surface area contributed by atoms with Crippen LogP contribution in [0, 0.1) is 0 Å². The molecular weight excluding hydrogens is 354 g/mol. The molecule has 2 rings (SSSR count). The maximum atomic E-state index is 11.8. The van der Waals surface area contributed by atoms with Gasteiger partial charge in [0.2, 0.25) is 0 Å². The molecule has 1 amide bonds. The summed E-state index contributed by atoms with van der Waals surface area (Å²) in [5.41, 5.74) is 4.05. The zero-order valence-electron chi connectivity index (χ0n) is 14.8. The van der Waals surface area contributed by atoms with E-state index in [1.807, 2.05) is 37.3 Å². The highest BCUT2D eigenvalue weighted by Gasteiger charge is 2.11. The third kappa shape index (κ3) is 6.10. The minimum Gasteiger partial charge on any atom is -0.493 e. The van der Waals surface area contributed by atoms with Crippen molar-refractivity contribution in [2.24, 2.45) is 0 Å². The van der Waals surface area contributed by atoms with E-state index in [1.165, 1.54) is 6.08 Å². The molecule has 2 aromatic rings. The molecule has 0 bridgehead atoms. The van der Waals surface area contributed by atoms with Crippen molar-refractivity contribution in [1.29, 1.82) is 0 Å². The van der Waals surface area contributed by atoms with Crippen LogP contribution in [0.4, 0.5) is 0 Å².